The summed E-state index contributed by atoms with van der Waals surface area (Å²) in [7, 11) is -3.53. The zero-order valence-electron chi connectivity index (χ0n) is 13.1. The number of rotatable bonds is 5. The molecule has 126 valence electrons. The molecule has 1 saturated heterocycles. The number of nitrogens with zero attached hydrogens (tertiary/aromatic N) is 2. The Morgan fingerprint density at radius 2 is 1.96 bits per heavy atom. The summed E-state index contributed by atoms with van der Waals surface area (Å²) < 4.78 is 24.3. The smallest absolute Gasteiger partial charge is 0.324 e. The number of hydrogen-bond donors (Lipinski definition) is 1. The lowest BCUT2D eigenvalue weighted by atomic mass is 10.1. The van der Waals surface area contributed by atoms with Gasteiger partial charge in [-0.2, -0.15) is 0 Å². The van der Waals surface area contributed by atoms with E-state index in [0.717, 1.165) is 10.5 Å². The van der Waals surface area contributed by atoms with Crippen molar-refractivity contribution in [3.8, 4) is 0 Å². The maximum Gasteiger partial charge on any atom is 0.325 e. The van der Waals surface area contributed by atoms with Crippen molar-refractivity contribution in [2.45, 2.75) is 32.1 Å². The monoisotopic (exact) mass is 359 g/mol. The largest absolute Gasteiger partial charge is 0.325 e. The molecule has 0 radical (unpaired) electrons. The van der Waals surface area contributed by atoms with Crippen LogP contribution in [0.25, 0.3) is 0 Å². The van der Waals surface area contributed by atoms with Crippen molar-refractivity contribution in [3.05, 3.63) is 28.5 Å². The molecule has 7 nitrogen and oxygen atoms in total. The van der Waals surface area contributed by atoms with Crippen molar-refractivity contribution in [1.29, 1.82) is 0 Å². The van der Waals surface area contributed by atoms with Crippen LogP contribution < -0.4 is 5.32 Å². The molecule has 1 aromatic heterocycles. The van der Waals surface area contributed by atoms with Gasteiger partial charge in [-0.05, 0) is 32.4 Å². The molecule has 0 bridgehead atoms. The molecule has 0 unspecified atom stereocenters. The van der Waals surface area contributed by atoms with Gasteiger partial charge in [0, 0.05) is 6.54 Å². The van der Waals surface area contributed by atoms with Crippen LogP contribution in [0.2, 0.25) is 5.15 Å². The van der Waals surface area contributed by atoms with Gasteiger partial charge in [0.05, 0.1) is 17.2 Å². The van der Waals surface area contributed by atoms with Crippen molar-refractivity contribution in [3.63, 3.8) is 0 Å². The molecular weight excluding hydrogens is 342 g/mol. The van der Waals surface area contributed by atoms with Crippen LogP contribution in [-0.2, 0) is 20.4 Å². The third kappa shape index (κ3) is 4.00. The third-order valence-corrected chi connectivity index (χ3v) is 5.45. The molecule has 1 aliphatic rings. The fourth-order valence-electron chi connectivity index (χ4n) is 2.17. The van der Waals surface area contributed by atoms with Gasteiger partial charge in [-0.3, -0.25) is 9.69 Å². The highest BCUT2D eigenvalue weighted by Crippen LogP contribution is 2.17. The molecule has 2 heterocycles. The van der Waals surface area contributed by atoms with E-state index in [2.05, 4.69) is 10.3 Å². The van der Waals surface area contributed by atoms with E-state index in [4.69, 9.17) is 11.6 Å². The zero-order valence-corrected chi connectivity index (χ0v) is 14.7. The number of hydrogen-bond acceptors (Lipinski definition) is 5. The van der Waals surface area contributed by atoms with E-state index in [1.165, 1.54) is 0 Å². The molecular formula is C14H18ClN3O4S. The molecule has 1 N–H and O–H groups in total. The second kappa shape index (κ2) is 6.09. The number of urea groups is 1. The van der Waals surface area contributed by atoms with E-state index in [1.807, 2.05) is 0 Å². The van der Waals surface area contributed by atoms with Crippen LogP contribution in [0.5, 0.6) is 0 Å². The molecule has 2 rings (SSSR count). The van der Waals surface area contributed by atoms with Crippen molar-refractivity contribution in [2.24, 2.45) is 0 Å². The minimum atomic E-state index is -3.53. The topological polar surface area (TPSA) is 96.4 Å². The zero-order chi connectivity index (χ0) is 17.4. The summed E-state index contributed by atoms with van der Waals surface area (Å²) in [5, 5.41) is 2.76. The van der Waals surface area contributed by atoms with E-state index >= 15 is 0 Å². The van der Waals surface area contributed by atoms with Gasteiger partial charge in [-0.1, -0.05) is 17.7 Å². The fourth-order valence-corrected chi connectivity index (χ4v) is 3.56. The highest BCUT2D eigenvalue weighted by molar-refractivity contribution is 7.90. The predicted molar refractivity (Wildman–Crippen MR) is 85.8 cm³/mol. The minimum absolute atomic E-state index is 0.185. The van der Waals surface area contributed by atoms with E-state index in [0.29, 0.717) is 5.69 Å². The maximum absolute atomic E-state index is 12.2. The van der Waals surface area contributed by atoms with Gasteiger partial charge < -0.3 is 5.32 Å². The number of carbonyl (C=O) groups excluding carboxylic acids is 2. The summed E-state index contributed by atoms with van der Waals surface area (Å²) in [6.45, 7) is 4.73. The third-order valence-electron chi connectivity index (χ3n) is 3.53. The van der Waals surface area contributed by atoms with Crippen LogP contribution in [0.3, 0.4) is 0 Å². The van der Waals surface area contributed by atoms with Gasteiger partial charge in [0.15, 0.2) is 9.84 Å². The molecule has 1 aromatic rings. The van der Waals surface area contributed by atoms with Crippen molar-refractivity contribution in [1.82, 2.24) is 15.2 Å². The SMILES string of the molecule is Cc1ccc(CS(=O)(=O)CCN2C(=O)NC(C)(C)C2=O)nc1Cl. The first kappa shape index (κ1) is 17.7. The predicted octanol–water partition coefficient (Wildman–Crippen LogP) is 1.29. The Bertz CT molecular complexity index is 761. The number of pyridine rings is 1. The number of nitrogens with one attached hydrogen (secondary N) is 1. The van der Waals surface area contributed by atoms with Crippen LogP contribution in [0.4, 0.5) is 4.79 Å². The molecule has 1 aliphatic heterocycles. The first-order chi connectivity index (χ1) is 10.5. The summed E-state index contributed by atoms with van der Waals surface area (Å²) in [5.41, 5.74) is 0.0832. The van der Waals surface area contributed by atoms with Gasteiger partial charge in [0.2, 0.25) is 0 Å². The number of carbonyl (C=O) groups is 2. The van der Waals surface area contributed by atoms with Crippen molar-refractivity contribution in [2.75, 3.05) is 12.3 Å². The molecule has 0 saturated carbocycles. The Labute approximate surface area is 139 Å². The fraction of sp³-hybridized carbons (Fsp3) is 0.500. The van der Waals surface area contributed by atoms with E-state index in [-0.39, 0.29) is 23.2 Å². The van der Waals surface area contributed by atoms with Crippen LogP contribution in [0, 0.1) is 6.92 Å². The van der Waals surface area contributed by atoms with E-state index in [1.54, 1.807) is 32.9 Å². The number of halogens is 1. The Balaban J connectivity index is 2.03. The first-order valence-electron chi connectivity index (χ1n) is 6.98. The molecule has 0 aromatic carbocycles. The number of aromatic nitrogens is 1. The van der Waals surface area contributed by atoms with Crippen LogP contribution >= 0.6 is 11.6 Å². The first-order valence-corrected chi connectivity index (χ1v) is 9.18. The van der Waals surface area contributed by atoms with Gasteiger partial charge in [0.1, 0.15) is 10.7 Å². The normalized spacial score (nSPS) is 17.5. The molecule has 0 spiro atoms. The summed E-state index contributed by atoms with van der Waals surface area (Å²) in [6, 6.07) is 2.71. The summed E-state index contributed by atoms with van der Waals surface area (Å²) in [4.78, 5) is 28.7. The lowest BCUT2D eigenvalue weighted by molar-refractivity contribution is -0.130. The molecule has 1 fully saturated rings. The number of sulfone groups is 1. The quantitative estimate of drug-likeness (QED) is 0.631. The average Bonchev–Trinajstić information content (AvgIpc) is 2.61. The lowest BCUT2D eigenvalue weighted by Gasteiger charge is -2.15. The van der Waals surface area contributed by atoms with Gasteiger partial charge >= 0.3 is 6.03 Å². The van der Waals surface area contributed by atoms with Gasteiger partial charge in [-0.25, -0.2) is 18.2 Å². The molecule has 0 atom stereocenters. The number of imide groups is 1. The van der Waals surface area contributed by atoms with Crippen molar-refractivity contribution >= 4 is 33.4 Å². The Hall–Kier alpha value is -1.67. The van der Waals surface area contributed by atoms with Crippen molar-refractivity contribution < 1.29 is 18.0 Å². The number of amides is 3. The van der Waals surface area contributed by atoms with Crippen LogP contribution in [0.1, 0.15) is 25.1 Å². The highest BCUT2D eigenvalue weighted by atomic mass is 35.5. The number of aryl methyl sites for hydroxylation is 1. The average molecular weight is 360 g/mol. The highest BCUT2D eigenvalue weighted by Gasteiger charge is 2.44. The van der Waals surface area contributed by atoms with Gasteiger partial charge in [-0.15, -0.1) is 0 Å². The molecule has 23 heavy (non-hydrogen) atoms. The van der Waals surface area contributed by atoms with E-state index in [9.17, 15) is 18.0 Å². The standard InChI is InChI=1S/C14H18ClN3O4S/c1-9-4-5-10(16-11(9)15)8-23(21,22)7-6-18-12(19)14(2,3)17-13(18)20/h4-5H,6-8H2,1-3H3,(H,17,20). The summed E-state index contributed by atoms with van der Waals surface area (Å²) in [5.74, 6) is -1.05. The maximum atomic E-state index is 12.2. The second-order valence-corrected chi connectivity index (χ2v) is 8.56. The molecule has 3 amide bonds. The summed E-state index contributed by atoms with van der Waals surface area (Å²) in [6.07, 6.45) is 0. The molecule has 0 aliphatic carbocycles. The Kier molecular flexibility index (Phi) is 4.68. The Morgan fingerprint density at radius 3 is 2.48 bits per heavy atom. The molecule has 9 heteroatoms. The van der Waals surface area contributed by atoms with Crippen LogP contribution in [0.15, 0.2) is 12.1 Å². The minimum Gasteiger partial charge on any atom is -0.324 e. The lowest BCUT2D eigenvalue weighted by Crippen LogP contribution is -2.41. The van der Waals surface area contributed by atoms with Crippen LogP contribution in [-0.4, -0.2) is 48.1 Å². The van der Waals surface area contributed by atoms with E-state index < -0.39 is 27.3 Å². The second-order valence-electron chi connectivity index (χ2n) is 6.01. The summed E-state index contributed by atoms with van der Waals surface area (Å²) >= 11 is 5.88. The van der Waals surface area contributed by atoms with Gasteiger partial charge in [0.25, 0.3) is 5.91 Å². The Morgan fingerprint density at radius 1 is 1.30 bits per heavy atom.